The molecule has 0 rings (SSSR count). The molecule has 8 heteroatoms. The Morgan fingerprint density at radius 1 is 1.18 bits per heavy atom. The van der Waals surface area contributed by atoms with E-state index < -0.39 is 9.84 Å². The third kappa shape index (κ3) is 8.86. The van der Waals surface area contributed by atoms with Crippen LogP contribution in [0.3, 0.4) is 0 Å². The first kappa shape index (κ1) is 20.7. The summed E-state index contributed by atoms with van der Waals surface area (Å²) >= 11 is 0. The minimum absolute atomic E-state index is 0.0502. The van der Waals surface area contributed by atoms with Crippen LogP contribution in [-0.4, -0.2) is 81.9 Å². The highest BCUT2D eigenvalue weighted by atomic mass is 32.2. The molecule has 0 atom stereocenters. The second-order valence-electron chi connectivity index (χ2n) is 5.14. The van der Waals surface area contributed by atoms with Gasteiger partial charge in [0.15, 0.2) is 5.96 Å². The molecule has 0 aliphatic carbocycles. The molecule has 0 spiro atoms. The van der Waals surface area contributed by atoms with Gasteiger partial charge in [0.2, 0.25) is 5.91 Å². The number of carbonyl (C=O) groups excluding carboxylic acids is 1. The van der Waals surface area contributed by atoms with E-state index >= 15 is 0 Å². The van der Waals surface area contributed by atoms with Crippen molar-refractivity contribution in [2.24, 2.45) is 4.99 Å². The Balaban J connectivity index is 4.61. The second-order valence-corrected chi connectivity index (χ2v) is 7.40. The summed E-state index contributed by atoms with van der Waals surface area (Å²) < 4.78 is 22.2. The molecular weight excluding hydrogens is 304 g/mol. The van der Waals surface area contributed by atoms with Crippen LogP contribution in [0.25, 0.3) is 0 Å². The highest BCUT2D eigenvalue weighted by Gasteiger charge is 2.14. The molecular formula is C14H30N4O3S. The van der Waals surface area contributed by atoms with Crippen LogP contribution in [0.4, 0.5) is 0 Å². The molecule has 0 saturated heterocycles. The van der Waals surface area contributed by atoms with E-state index in [1.54, 1.807) is 16.8 Å². The van der Waals surface area contributed by atoms with Crippen molar-refractivity contribution in [2.75, 3.05) is 51.8 Å². The largest absolute Gasteiger partial charge is 0.357 e. The molecule has 0 fully saturated rings. The van der Waals surface area contributed by atoms with Crippen LogP contribution in [0.2, 0.25) is 0 Å². The van der Waals surface area contributed by atoms with Crippen molar-refractivity contribution in [1.29, 1.82) is 0 Å². The van der Waals surface area contributed by atoms with Crippen LogP contribution < -0.4 is 5.32 Å². The number of hydrogen-bond acceptors (Lipinski definition) is 4. The number of hydrogen-bond donors (Lipinski definition) is 1. The summed E-state index contributed by atoms with van der Waals surface area (Å²) in [4.78, 5) is 20.0. The van der Waals surface area contributed by atoms with Crippen molar-refractivity contribution in [3.05, 3.63) is 0 Å². The van der Waals surface area contributed by atoms with Crippen molar-refractivity contribution in [2.45, 2.75) is 27.2 Å². The molecule has 0 saturated carbocycles. The maximum atomic E-state index is 12.1. The summed E-state index contributed by atoms with van der Waals surface area (Å²) in [6, 6.07) is 0. The Kier molecular flexibility index (Phi) is 9.80. The first-order chi connectivity index (χ1) is 10.2. The number of rotatable bonds is 9. The predicted molar refractivity (Wildman–Crippen MR) is 90.9 cm³/mol. The average molecular weight is 334 g/mol. The molecule has 0 radical (unpaired) electrons. The summed E-state index contributed by atoms with van der Waals surface area (Å²) in [5.74, 6) is 0.795. The van der Waals surface area contributed by atoms with Gasteiger partial charge in [-0.25, -0.2) is 8.42 Å². The van der Waals surface area contributed by atoms with Crippen molar-refractivity contribution in [3.8, 4) is 0 Å². The zero-order chi connectivity index (χ0) is 17.2. The normalized spacial score (nSPS) is 12.1. The minimum Gasteiger partial charge on any atom is -0.357 e. The molecule has 22 heavy (non-hydrogen) atoms. The maximum absolute atomic E-state index is 12.1. The van der Waals surface area contributed by atoms with Gasteiger partial charge in [-0.2, -0.15) is 0 Å². The van der Waals surface area contributed by atoms with Crippen molar-refractivity contribution in [3.63, 3.8) is 0 Å². The molecule has 0 bridgehead atoms. The Morgan fingerprint density at radius 2 is 1.77 bits per heavy atom. The number of guanidine groups is 1. The monoisotopic (exact) mass is 334 g/mol. The van der Waals surface area contributed by atoms with Crippen LogP contribution in [0.5, 0.6) is 0 Å². The molecule has 0 unspecified atom stereocenters. The number of nitrogens with zero attached hydrogens (tertiary/aromatic N) is 3. The summed E-state index contributed by atoms with van der Waals surface area (Å²) in [5, 5.41) is 3.12. The first-order valence-corrected chi connectivity index (χ1v) is 9.76. The van der Waals surface area contributed by atoms with Crippen molar-refractivity contribution in [1.82, 2.24) is 15.1 Å². The zero-order valence-electron chi connectivity index (χ0n) is 14.4. The maximum Gasteiger partial charge on any atom is 0.242 e. The van der Waals surface area contributed by atoms with Crippen molar-refractivity contribution < 1.29 is 13.2 Å². The third-order valence-electron chi connectivity index (χ3n) is 3.12. The average Bonchev–Trinajstić information content (AvgIpc) is 2.42. The number of nitrogens with one attached hydrogen (secondary N) is 1. The van der Waals surface area contributed by atoms with Crippen LogP contribution in [0.1, 0.15) is 27.2 Å². The standard InChI is InChI=1S/C14H30N4O3S/c1-6-15-14(16-10-9-11-22(5,20)21)17(4)12-13(19)18(7-2)8-3/h6-12H2,1-5H3,(H,15,16). The summed E-state index contributed by atoms with van der Waals surface area (Å²) in [7, 11) is -1.15. The van der Waals surface area contributed by atoms with Gasteiger partial charge in [-0.05, 0) is 27.2 Å². The number of aliphatic imine (C=N–C) groups is 1. The second kappa shape index (κ2) is 10.4. The first-order valence-electron chi connectivity index (χ1n) is 7.70. The van der Waals surface area contributed by atoms with Gasteiger partial charge in [-0.1, -0.05) is 0 Å². The lowest BCUT2D eigenvalue weighted by Crippen LogP contribution is -2.45. The molecule has 130 valence electrons. The topological polar surface area (TPSA) is 82.1 Å². The van der Waals surface area contributed by atoms with E-state index in [1.807, 2.05) is 20.8 Å². The van der Waals surface area contributed by atoms with Gasteiger partial charge in [0.1, 0.15) is 9.84 Å². The van der Waals surface area contributed by atoms with Crippen LogP contribution in [0, 0.1) is 0 Å². The Morgan fingerprint density at radius 3 is 2.23 bits per heavy atom. The van der Waals surface area contributed by atoms with E-state index in [0.29, 0.717) is 38.6 Å². The Bertz CT molecular complexity index is 459. The number of carbonyl (C=O) groups is 1. The fourth-order valence-corrected chi connectivity index (χ4v) is 2.59. The van der Waals surface area contributed by atoms with Gasteiger partial charge in [0, 0.05) is 39.5 Å². The zero-order valence-corrected chi connectivity index (χ0v) is 15.2. The fourth-order valence-electron chi connectivity index (χ4n) is 1.94. The molecule has 0 aromatic heterocycles. The van der Waals surface area contributed by atoms with Gasteiger partial charge < -0.3 is 15.1 Å². The van der Waals surface area contributed by atoms with E-state index in [-0.39, 0.29) is 18.2 Å². The predicted octanol–water partition coefficient (Wildman–Crippen LogP) is 0.187. The Labute approximate surface area is 134 Å². The molecule has 0 aliphatic rings. The van der Waals surface area contributed by atoms with E-state index in [0.717, 1.165) is 0 Å². The summed E-state index contributed by atoms with van der Waals surface area (Å²) in [6.07, 6.45) is 1.70. The lowest BCUT2D eigenvalue weighted by atomic mass is 10.4. The van der Waals surface area contributed by atoms with Crippen LogP contribution in [-0.2, 0) is 14.6 Å². The van der Waals surface area contributed by atoms with E-state index in [1.165, 1.54) is 6.26 Å². The van der Waals surface area contributed by atoms with E-state index in [2.05, 4.69) is 10.3 Å². The number of amides is 1. The molecule has 7 nitrogen and oxygen atoms in total. The smallest absolute Gasteiger partial charge is 0.242 e. The molecule has 0 aromatic rings. The van der Waals surface area contributed by atoms with Crippen LogP contribution in [0.15, 0.2) is 4.99 Å². The Hall–Kier alpha value is -1.31. The molecule has 1 amide bonds. The molecule has 0 aliphatic heterocycles. The number of likely N-dealkylation sites (N-methyl/N-ethyl adjacent to an activating group) is 2. The summed E-state index contributed by atoms with van der Waals surface area (Å²) in [5.41, 5.74) is 0. The number of sulfone groups is 1. The van der Waals surface area contributed by atoms with Crippen LogP contribution >= 0.6 is 0 Å². The van der Waals surface area contributed by atoms with Crippen molar-refractivity contribution >= 4 is 21.7 Å². The van der Waals surface area contributed by atoms with Gasteiger partial charge in [0.25, 0.3) is 0 Å². The third-order valence-corrected chi connectivity index (χ3v) is 4.15. The highest BCUT2D eigenvalue weighted by molar-refractivity contribution is 7.90. The molecule has 1 N–H and O–H groups in total. The molecule has 0 aromatic carbocycles. The quantitative estimate of drug-likeness (QED) is 0.370. The SMILES string of the molecule is CCNC(=NCCCS(C)(=O)=O)N(C)CC(=O)N(CC)CC. The lowest BCUT2D eigenvalue weighted by molar-refractivity contribution is -0.131. The van der Waals surface area contributed by atoms with E-state index in [4.69, 9.17) is 0 Å². The van der Waals surface area contributed by atoms with Gasteiger partial charge >= 0.3 is 0 Å². The van der Waals surface area contributed by atoms with Gasteiger partial charge in [-0.15, -0.1) is 0 Å². The summed E-state index contributed by atoms with van der Waals surface area (Å²) in [6.45, 7) is 8.58. The van der Waals surface area contributed by atoms with E-state index in [9.17, 15) is 13.2 Å². The lowest BCUT2D eigenvalue weighted by Gasteiger charge is -2.25. The van der Waals surface area contributed by atoms with Gasteiger partial charge in [0.05, 0.1) is 12.3 Å². The molecule has 0 heterocycles. The van der Waals surface area contributed by atoms with Gasteiger partial charge in [-0.3, -0.25) is 9.79 Å². The highest BCUT2D eigenvalue weighted by Crippen LogP contribution is 1.95. The minimum atomic E-state index is -2.96. The fraction of sp³-hybridized carbons (Fsp3) is 0.857.